The summed E-state index contributed by atoms with van der Waals surface area (Å²) >= 11 is 0. The third kappa shape index (κ3) is 5.28. The first-order valence-corrected chi connectivity index (χ1v) is 11.1. The summed E-state index contributed by atoms with van der Waals surface area (Å²) in [5.74, 6) is -1.15. The number of benzene rings is 2. The van der Waals surface area contributed by atoms with Crippen LogP contribution in [0.2, 0.25) is 0 Å². The monoisotopic (exact) mass is 438 g/mol. The van der Waals surface area contributed by atoms with Crippen molar-refractivity contribution in [3.8, 4) is 5.75 Å². The van der Waals surface area contributed by atoms with E-state index in [1.54, 1.807) is 17.0 Å². The van der Waals surface area contributed by atoms with Crippen molar-refractivity contribution in [2.45, 2.75) is 40.0 Å². The fraction of sp³-hybridized carbons (Fsp3) is 0.400. The molecule has 1 heterocycles. The van der Waals surface area contributed by atoms with Gasteiger partial charge in [-0.3, -0.25) is 14.4 Å². The van der Waals surface area contributed by atoms with E-state index in [1.807, 2.05) is 51.1 Å². The molecule has 0 aromatic heterocycles. The first kappa shape index (κ1) is 23.3. The van der Waals surface area contributed by atoms with Gasteiger partial charge >= 0.3 is 5.97 Å². The van der Waals surface area contributed by atoms with Crippen molar-refractivity contribution >= 4 is 29.2 Å². The number of nitrogens with one attached hydrogen (secondary N) is 1. The van der Waals surface area contributed by atoms with E-state index < -0.39 is 17.8 Å². The summed E-state index contributed by atoms with van der Waals surface area (Å²) < 4.78 is 10.9. The van der Waals surface area contributed by atoms with Gasteiger partial charge < -0.3 is 19.7 Å². The van der Waals surface area contributed by atoms with Crippen LogP contribution in [-0.2, 0) is 32.0 Å². The molecule has 0 bridgehead atoms. The van der Waals surface area contributed by atoms with E-state index in [2.05, 4.69) is 5.32 Å². The third-order valence-corrected chi connectivity index (χ3v) is 5.52. The second kappa shape index (κ2) is 10.8. The molecule has 7 nitrogen and oxygen atoms in total. The summed E-state index contributed by atoms with van der Waals surface area (Å²) in [5.41, 5.74) is 3.49. The topological polar surface area (TPSA) is 84.9 Å². The smallest absolute Gasteiger partial charge is 0.311 e. The lowest BCUT2D eigenvalue weighted by Gasteiger charge is -2.20. The maximum absolute atomic E-state index is 12.6. The van der Waals surface area contributed by atoms with Gasteiger partial charge in [0.2, 0.25) is 5.91 Å². The van der Waals surface area contributed by atoms with Crippen molar-refractivity contribution < 1.29 is 23.9 Å². The van der Waals surface area contributed by atoms with E-state index >= 15 is 0 Å². The maximum atomic E-state index is 12.6. The number of amides is 2. The number of ether oxygens (including phenoxy) is 2. The lowest BCUT2D eigenvalue weighted by atomic mass is 10.0. The Hall–Kier alpha value is -3.35. The summed E-state index contributed by atoms with van der Waals surface area (Å²) in [5, 5.41) is 2.88. The summed E-state index contributed by atoms with van der Waals surface area (Å²) in [6, 6.07) is 13.2. The Morgan fingerprint density at radius 2 is 1.72 bits per heavy atom. The zero-order chi connectivity index (χ0) is 23.1. The highest BCUT2D eigenvalue weighted by molar-refractivity contribution is 6.01. The highest BCUT2D eigenvalue weighted by Gasteiger charge is 2.37. The van der Waals surface area contributed by atoms with Gasteiger partial charge in [-0.15, -0.1) is 0 Å². The second-order valence-electron chi connectivity index (χ2n) is 7.62. The molecule has 1 atom stereocenters. The molecule has 1 aliphatic rings. The molecule has 0 unspecified atom stereocenters. The van der Waals surface area contributed by atoms with Crippen LogP contribution in [0.25, 0.3) is 0 Å². The van der Waals surface area contributed by atoms with Crippen LogP contribution in [0.4, 0.5) is 11.4 Å². The zero-order valence-corrected chi connectivity index (χ0v) is 18.8. The lowest BCUT2D eigenvalue weighted by molar-refractivity contribution is -0.151. The fourth-order valence-electron chi connectivity index (χ4n) is 3.89. The third-order valence-electron chi connectivity index (χ3n) is 5.52. The molecule has 0 spiro atoms. The van der Waals surface area contributed by atoms with E-state index in [4.69, 9.17) is 9.47 Å². The molecule has 2 amide bonds. The predicted octanol–water partition coefficient (Wildman–Crippen LogP) is 3.74. The van der Waals surface area contributed by atoms with E-state index in [0.29, 0.717) is 18.0 Å². The Balaban J connectivity index is 1.60. The average Bonchev–Trinajstić information content (AvgIpc) is 3.19. The van der Waals surface area contributed by atoms with Crippen LogP contribution < -0.4 is 15.0 Å². The van der Waals surface area contributed by atoms with Crippen LogP contribution in [-0.4, -0.2) is 37.5 Å². The lowest BCUT2D eigenvalue weighted by Crippen LogP contribution is -2.28. The minimum atomic E-state index is -0.626. The van der Waals surface area contributed by atoms with E-state index in [1.165, 1.54) is 0 Å². The van der Waals surface area contributed by atoms with E-state index in [9.17, 15) is 14.4 Å². The molecule has 1 fully saturated rings. The average molecular weight is 439 g/mol. The van der Waals surface area contributed by atoms with Crippen molar-refractivity contribution in [3.63, 3.8) is 0 Å². The van der Waals surface area contributed by atoms with Gasteiger partial charge in [0, 0.05) is 18.7 Å². The Labute approximate surface area is 188 Å². The quantitative estimate of drug-likeness (QED) is 0.603. The van der Waals surface area contributed by atoms with Gasteiger partial charge in [-0.1, -0.05) is 44.2 Å². The molecule has 1 N–H and O–H groups in total. The Bertz CT molecular complexity index is 966. The summed E-state index contributed by atoms with van der Waals surface area (Å²) in [6.45, 7) is 6.20. The molecule has 2 aromatic rings. The normalized spacial score (nSPS) is 15.5. The van der Waals surface area contributed by atoms with Crippen LogP contribution in [0.3, 0.4) is 0 Å². The summed E-state index contributed by atoms with van der Waals surface area (Å²) in [4.78, 5) is 39.1. The molecule has 2 aromatic carbocycles. The number of anilines is 2. The molecule has 0 saturated carbocycles. The van der Waals surface area contributed by atoms with Gasteiger partial charge in [-0.25, -0.2) is 0 Å². The highest BCUT2D eigenvalue weighted by Crippen LogP contribution is 2.33. The Morgan fingerprint density at radius 3 is 2.38 bits per heavy atom. The van der Waals surface area contributed by atoms with Crippen molar-refractivity contribution in [3.05, 3.63) is 53.6 Å². The summed E-state index contributed by atoms with van der Waals surface area (Å²) in [6.07, 6.45) is 1.61. The standard InChI is InChI=1S/C25H30N2O5/c1-4-17-10-9-11-18(5-2)24(17)26-22(28)16-32-25(30)19-14-23(29)27(15-19)20-12-7-8-13-21(20)31-6-3/h7-13,19H,4-6,14-16H2,1-3H3,(H,26,28)/t19-/m0/s1. The number of rotatable bonds is 9. The minimum Gasteiger partial charge on any atom is -0.492 e. The molecule has 1 aliphatic heterocycles. The van der Waals surface area contributed by atoms with Gasteiger partial charge in [-0.05, 0) is 43.0 Å². The largest absolute Gasteiger partial charge is 0.492 e. The highest BCUT2D eigenvalue weighted by atomic mass is 16.5. The molecule has 1 saturated heterocycles. The molecular formula is C25H30N2O5. The molecule has 0 aliphatic carbocycles. The van der Waals surface area contributed by atoms with E-state index in [-0.39, 0.29) is 25.5 Å². The van der Waals surface area contributed by atoms with Crippen LogP contribution in [0, 0.1) is 5.92 Å². The second-order valence-corrected chi connectivity index (χ2v) is 7.62. The number of para-hydroxylation sites is 3. The van der Waals surface area contributed by atoms with Gasteiger partial charge in [0.05, 0.1) is 18.2 Å². The number of nitrogens with zero attached hydrogens (tertiary/aromatic N) is 1. The number of aryl methyl sites for hydroxylation is 2. The SMILES string of the molecule is CCOc1ccccc1N1C[C@@H](C(=O)OCC(=O)Nc2c(CC)cccc2CC)CC1=O. The van der Waals surface area contributed by atoms with Gasteiger partial charge in [0.1, 0.15) is 5.75 Å². The number of hydrogen-bond acceptors (Lipinski definition) is 5. The molecule has 3 rings (SSSR count). The maximum Gasteiger partial charge on any atom is 0.311 e. The molecule has 170 valence electrons. The predicted molar refractivity (Wildman–Crippen MR) is 123 cm³/mol. The molecule has 0 radical (unpaired) electrons. The Kier molecular flexibility index (Phi) is 7.87. The van der Waals surface area contributed by atoms with Crippen LogP contribution >= 0.6 is 0 Å². The fourth-order valence-corrected chi connectivity index (χ4v) is 3.89. The number of carbonyl (C=O) groups excluding carboxylic acids is 3. The minimum absolute atomic E-state index is 0.0412. The van der Waals surface area contributed by atoms with Crippen molar-refractivity contribution in [2.24, 2.45) is 5.92 Å². The van der Waals surface area contributed by atoms with Gasteiger partial charge in [0.25, 0.3) is 5.91 Å². The molecular weight excluding hydrogens is 408 g/mol. The summed E-state index contributed by atoms with van der Waals surface area (Å²) in [7, 11) is 0. The number of esters is 1. The first-order valence-electron chi connectivity index (χ1n) is 11.1. The van der Waals surface area contributed by atoms with Crippen LogP contribution in [0.15, 0.2) is 42.5 Å². The van der Waals surface area contributed by atoms with Crippen molar-refractivity contribution in [1.82, 2.24) is 0 Å². The number of carbonyl (C=O) groups is 3. The van der Waals surface area contributed by atoms with Crippen LogP contribution in [0.5, 0.6) is 5.75 Å². The van der Waals surface area contributed by atoms with Crippen LogP contribution in [0.1, 0.15) is 38.3 Å². The van der Waals surface area contributed by atoms with E-state index in [0.717, 1.165) is 29.7 Å². The van der Waals surface area contributed by atoms with Gasteiger partial charge in [-0.2, -0.15) is 0 Å². The van der Waals surface area contributed by atoms with Crippen molar-refractivity contribution in [2.75, 3.05) is 30.0 Å². The van der Waals surface area contributed by atoms with Gasteiger partial charge in [0.15, 0.2) is 6.61 Å². The van der Waals surface area contributed by atoms with Crippen molar-refractivity contribution in [1.29, 1.82) is 0 Å². The first-order chi connectivity index (χ1) is 15.5. The zero-order valence-electron chi connectivity index (χ0n) is 18.8. The molecule has 32 heavy (non-hydrogen) atoms. The molecule has 7 heteroatoms. The number of hydrogen-bond donors (Lipinski definition) is 1. The Morgan fingerprint density at radius 1 is 1.03 bits per heavy atom.